The van der Waals surface area contributed by atoms with E-state index in [1.807, 2.05) is 36.9 Å². The number of nitrogens with two attached hydrogens (primary N) is 1. The van der Waals surface area contributed by atoms with E-state index in [1.54, 1.807) is 13.8 Å². The number of hydrogen-bond acceptors (Lipinski definition) is 3. The molecule has 1 saturated heterocycles. The molecule has 19 heavy (non-hydrogen) atoms. The van der Waals surface area contributed by atoms with Crippen LogP contribution in [0.15, 0.2) is 18.2 Å². The van der Waals surface area contributed by atoms with Crippen molar-refractivity contribution in [3.63, 3.8) is 0 Å². The molecule has 1 heterocycles. The summed E-state index contributed by atoms with van der Waals surface area (Å²) >= 11 is 0. The minimum absolute atomic E-state index is 0.00500. The molecular weight excluding hydrogens is 240 g/mol. The molecule has 1 aromatic carbocycles. The first-order valence-electron chi connectivity index (χ1n) is 6.63. The molecule has 2 N–H and O–H groups in total. The fourth-order valence-electron chi connectivity index (χ4n) is 2.66. The molecule has 0 radical (unpaired) electrons. The standard InChI is InChI=1S/C15H22N2O2/c1-10-6-5-7-11(2)13(10)17-9-12(8-16)19-15(3,4)14(17)18/h5-7,12H,8-9,16H2,1-4H3. The third-order valence-corrected chi connectivity index (χ3v) is 3.58. The van der Waals surface area contributed by atoms with Crippen LogP contribution < -0.4 is 10.6 Å². The van der Waals surface area contributed by atoms with Gasteiger partial charge >= 0.3 is 0 Å². The molecule has 1 aliphatic rings. The number of rotatable bonds is 2. The number of aryl methyl sites for hydroxylation is 2. The van der Waals surface area contributed by atoms with Gasteiger partial charge in [-0.1, -0.05) is 18.2 Å². The summed E-state index contributed by atoms with van der Waals surface area (Å²) in [5.41, 5.74) is 8.09. The first-order chi connectivity index (χ1) is 8.86. The van der Waals surface area contributed by atoms with Crippen molar-refractivity contribution in [2.45, 2.75) is 39.4 Å². The highest BCUT2D eigenvalue weighted by atomic mass is 16.5. The maximum absolute atomic E-state index is 12.6. The second-order valence-electron chi connectivity index (χ2n) is 5.64. The molecule has 4 heteroatoms. The fraction of sp³-hybridized carbons (Fsp3) is 0.533. The average molecular weight is 262 g/mol. The molecule has 0 spiro atoms. The summed E-state index contributed by atoms with van der Waals surface area (Å²) in [5, 5.41) is 0. The van der Waals surface area contributed by atoms with E-state index in [0.717, 1.165) is 16.8 Å². The van der Waals surface area contributed by atoms with Crippen LogP contribution in [0.4, 0.5) is 5.69 Å². The molecule has 0 saturated carbocycles. The molecule has 0 bridgehead atoms. The van der Waals surface area contributed by atoms with Crippen molar-refractivity contribution < 1.29 is 9.53 Å². The summed E-state index contributed by atoms with van der Waals surface area (Å²) in [5.74, 6) is -0.00500. The van der Waals surface area contributed by atoms with Crippen molar-refractivity contribution in [1.29, 1.82) is 0 Å². The predicted octanol–water partition coefficient (Wildman–Crippen LogP) is 1.77. The molecule has 4 nitrogen and oxygen atoms in total. The molecule has 0 aromatic heterocycles. The number of amides is 1. The Morgan fingerprint density at radius 2 is 1.95 bits per heavy atom. The van der Waals surface area contributed by atoms with Crippen LogP contribution in [-0.4, -0.2) is 30.7 Å². The number of morpholine rings is 1. The molecule has 1 fully saturated rings. The zero-order valence-corrected chi connectivity index (χ0v) is 12.1. The van der Waals surface area contributed by atoms with Gasteiger partial charge in [-0.05, 0) is 38.8 Å². The predicted molar refractivity (Wildman–Crippen MR) is 76.3 cm³/mol. The Labute approximate surface area is 114 Å². The number of carbonyl (C=O) groups is 1. The van der Waals surface area contributed by atoms with Gasteiger partial charge in [-0.2, -0.15) is 0 Å². The second-order valence-corrected chi connectivity index (χ2v) is 5.64. The Kier molecular flexibility index (Phi) is 3.65. The number of anilines is 1. The zero-order valence-electron chi connectivity index (χ0n) is 12.1. The van der Waals surface area contributed by atoms with E-state index < -0.39 is 5.60 Å². The molecule has 1 unspecified atom stereocenters. The Hall–Kier alpha value is -1.39. The highest BCUT2D eigenvalue weighted by Gasteiger charge is 2.42. The van der Waals surface area contributed by atoms with Crippen LogP contribution in [0.1, 0.15) is 25.0 Å². The van der Waals surface area contributed by atoms with Crippen LogP contribution >= 0.6 is 0 Å². The van der Waals surface area contributed by atoms with Gasteiger partial charge in [-0.15, -0.1) is 0 Å². The van der Waals surface area contributed by atoms with Crippen molar-refractivity contribution in [1.82, 2.24) is 0 Å². The molecular formula is C15H22N2O2. The lowest BCUT2D eigenvalue weighted by Crippen LogP contribution is -2.59. The number of nitrogens with zero attached hydrogens (tertiary/aromatic N) is 1. The lowest BCUT2D eigenvalue weighted by Gasteiger charge is -2.42. The SMILES string of the molecule is Cc1cccc(C)c1N1CC(CN)OC(C)(C)C1=O. The largest absolute Gasteiger partial charge is 0.359 e. The first-order valence-corrected chi connectivity index (χ1v) is 6.63. The van der Waals surface area contributed by atoms with Crippen LogP contribution in [-0.2, 0) is 9.53 Å². The molecule has 104 valence electrons. The maximum atomic E-state index is 12.6. The lowest BCUT2D eigenvalue weighted by atomic mass is 10.00. The number of hydrogen-bond donors (Lipinski definition) is 1. The van der Waals surface area contributed by atoms with Crippen molar-refractivity contribution >= 4 is 11.6 Å². The van der Waals surface area contributed by atoms with Gasteiger partial charge in [0.1, 0.15) is 5.60 Å². The van der Waals surface area contributed by atoms with E-state index in [-0.39, 0.29) is 12.0 Å². The van der Waals surface area contributed by atoms with Crippen LogP contribution in [0.2, 0.25) is 0 Å². The van der Waals surface area contributed by atoms with E-state index in [9.17, 15) is 4.79 Å². The van der Waals surface area contributed by atoms with Crippen molar-refractivity contribution in [3.8, 4) is 0 Å². The minimum Gasteiger partial charge on any atom is -0.359 e. The highest BCUT2D eigenvalue weighted by Crippen LogP contribution is 2.31. The van der Waals surface area contributed by atoms with Gasteiger partial charge < -0.3 is 15.4 Å². The van der Waals surface area contributed by atoms with Crippen molar-refractivity contribution in [2.75, 3.05) is 18.0 Å². The summed E-state index contributed by atoms with van der Waals surface area (Å²) in [4.78, 5) is 14.4. The Balaban J connectivity index is 2.45. The maximum Gasteiger partial charge on any atom is 0.258 e. The Morgan fingerprint density at radius 1 is 1.37 bits per heavy atom. The highest BCUT2D eigenvalue weighted by molar-refractivity contribution is 6.00. The van der Waals surface area contributed by atoms with E-state index in [2.05, 4.69) is 0 Å². The Bertz CT molecular complexity index is 477. The number of carbonyl (C=O) groups excluding carboxylic acids is 1. The van der Waals surface area contributed by atoms with E-state index in [1.165, 1.54) is 0 Å². The topological polar surface area (TPSA) is 55.6 Å². The molecule has 1 aromatic rings. The van der Waals surface area contributed by atoms with Crippen LogP contribution in [0.25, 0.3) is 0 Å². The molecule has 1 aliphatic heterocycles. The number of benzene rings is 1. The van der Waals surface area contributed by atoms with Crippen LogP contribution in [0, 0.1) is 13.8 Å². The summed E-state index contributed by atoms with van der Waals surface area (Å²) in [6.45, 7) is 8.59. The second kappa shape index (κ2) is 4.94. The van der Waals surface area contributed by atoms with E-state index in [0.29, 0.717) is 13.1 Å². The normalized spacial score (nSPS) is 22.7. The van der Waals surface area contributed by atoms with Gasteiger partial charge in [0, 0.05) is 12.2 Å². The molecule has 0 aliphatic carbocycles. The fourth-order valence-corrected chi connectivity index (χ4v) is 2.66. The van der Waals surface area contributed by atoms with Crippen molar-refractivity contribution in [3.05, 3.63) is 29.3 Å². The first kappa shape index (κ1) is 14.0. The summed E-state index contributed by atoms with van der Waals surface area (Å²) in [6.07, 6.45) is -0.119. The van der Waals surface area contributed by atoms with Gasteiger partial charge in [0.05, 0.1) is 12.6 Å². The molecule has 2 rings (SSSR count). The van der Waals surface area contributed by atoms with Gasteiger partial charge in [0.15, 0.2) is 0 Å². The van der Waals surface area contributed by atoms with Gasteiger partial charge in [-0.25, -0.2) is 0 Å². The van der Waals surface area contributed by atoms with Gasteiger partial charge in [-0.3, -0.25) is 4.79 Å². The Morgan fingerprint density at radius 3 is 2.47 bits per heavy atom. The summed E-state index contributed by atoms with van der Waals surface area (Å²) < 4.78 is 5.75. The lowest BCUT2D eigenvalue weighted by molar-refractivity contribution is -0.153. The third kappa shape index (κ3) is 2.51. The molecule has 1 amide bonds. The minimum atomic E-state index is -0.822. The quantitative estimate of drug-likeness (QED) is 0.883. The average Bonchev–Trinajstić information content (AvgIpc) is 2.33. The van der Waals surface area contributed by atoms with Crippen LogP contribution in [0.5, 0.6) is 0 Å². The van der Waals surface area contributed by atoms with Crippen molar-refractivity contribution in [2.24, 2.45) is 5.73 Å². The van der Waals surface area contributed by atoms with Crippen LogP contribution in [0.3, 0.4) is 0 Å². The zero-order chi connectivity index (χ0) is 14.2. The van der Waals surface area contributed by atoms with Gasteiger partial charge in [0.2, 0.25) is 0 Å². The summed E-state index contributed by atoms with van der Waals surface area (Å²) in [6, 6.07) is 6.05. The summed E-state index contributed by atoms with van der Waals surface area (Å²) in [7, 11) is 0. The molecule has 1 atom stereocenters. The number of ether oxygens (including phenoxy) is 1. The van der Waals surface area contributed by atoms with E-state index >= 15 is 0 Å². The third-order valence-electron chi connectivity index (χ3n) is 3.58. The smallest absolute Gasteiger partial charge is 0.258 e. The monoisotopic (exact) mass is 262 g/mol. The van der Waals surface area contributed by atoms with Gasteiger partial charge in [0.25, 0.3) is 5.91 Å². The van der Waals surface area contributed by atoms with E-state index in [4.69, 9.17) is 10.5 Å². The number of para-hydroxylation sites is 1.